The summed E-state index contributed by atoms with van der Waals surface area (Å²) in [6.07, 6.45) is 8.76. The maximum absolute atomic E-state index is 12.4. The van der Waals surface area contributed by atoms with E-state index in [0.717, 1.165) is 31.6 Å². The molecule has 2 aliphatic heterocycles. The lowest BCUT2D eigenvalue weighted by Crippen LogP contribution is -2.42. The molecule has 4 rings (SSSR count). The first-order valence-corrected chi connectivity index (χ1v) is 9.06. The van der Waals surface area contributed by atoms with Gasteiger partial charge in [-0.05, 0) is 42.8 Å². The Kier molecular flexibility index (Phi) is 4.82. The summed E-state index contributed by atoms with van der Waals surface area (Å²) in [5, 5.41) is 7.68. The van der Waals surface area contributed by atoms with Gasteiger partial charge < -0.3 is 14.5 Å². The maximum atomic E-state index is 12.4. The molecule has 0 unspecified atom stereocenters. The Labute approximate surface area is 153 Å². The second kappa shape index (κ2) is 7.56. The first kappa shape index (κ1) is 16.6. The van der Waals surface area contributed by atoms with Crippen molar-refractivity contribution in [2.24, 2.45) is 0 Å². The van der Waals surface area contributed by atoms with E-state index in [-0.39, 0.29) is 12.0 Å². The van der Waals surface area contributed by atoms with Gasteiger partial charge in [0.15, 0.2) is 5.69 Å². The van der Waals surface area contributed by atoms with E-state index in [1.54, 1.807) is 18.3 Å². The maximum Gasteiger partial charge on any atom is 0.274 e. The Bertz CT molecular complexity index is 768. The van der Waals surface area contributed by atoms with Crippen LogP contribution in [0.4, 0.5) is 5.69 Å². The van der Waals surface area contributed by atoms with Crippen LogP contribution in [0.5, 0.6) is 5.75 Å². The quantitative estimate of drug-likeness (QED) is 0.849. The average molecular weight is 350 g/mol. The van der Waals surface area contributed by atoms with E-state index >= 15 is 0 Å². The number of benzene rings is 1. The van der Waals surface area contributed by atoms with Gasteiger partial charge in [-0.1, -0.05) is 6.08 Å². The van der Waals surface area contributed by atoms with Crippen molar-refractivity contribution in [2.75, 3.05) is 24.5 Å². The third-order valence-electron chi connectivity index (χ3n) is 4.81. The second-order valence-electron chi connectivity index (χ2n) is 6.58. The third kappa shape index (κ3) is 3.69. The molecular formula is C20H22N4O2. The van der Waals surface area contributed by atoms with Crippen LogP contribution in [0.2, 0.25) is 0 Å². The monoisotopic (exact) mass is 350 g/mol. The molecule has 0 aliphatic carbocycles. The molecule has 1 aromatic carbocycles. The molecule has 3 heterocycles. The SMILES string of the molecule is O=C(c1cccnn1)N1CCC(Oc2ccc(N3C=CCC3)cc2)CC1. The molecule has 0 spiro atoms. The van der Waals surface area contributed by atoms with E-state index < -0.39 is 0 Å². The molecule has 26 heavy (non-hydrogen) atoms. The summed E-state index contributed by atoms with van der Waals surface area (Å²) in [5.41, 5.74) is 1.59. The number of amides is 1. The van der Waals surface area contributed by atoms with Gasteiger partial charge in [0.1, 0.15) is 11.9 Å². The molecule has 6 nitrogen and oxygen atoms in total. The van der Waals surface area contributed by atoms with Crippen molar-refractivity contribution in [3.05, 3.63) is 60.6 Å². The highest BCUT2D eigenvalue weighted by atomic mass is 16.5. The standard InChI is InChI=1S/C20H22N4O2/c25-20(19-4-3-11-21-22-19)24-14-9-18(10-15-24)26-17-7-5-16(6-8-17)23-12-1-2-13-23/h1,3-8,11-12,18H,2,9-10,13-15H2. The van der Waals surface area contributed by atoms with Gasteiger partial charge in [-0.2, -0.15) is 5.10 Å². The predicted molar refractivity (Wildman–Crippen MR) is 99.1 cm³/mol. The summed E-state index contributed by atoms with van der Waals surface area (Å²) in [6.45, 7) is 2.39. The normalized spacial score (nSPS) is 17.5. The molecule has 1 aromatic heterocycles. The molecule has 0 bridgehead atoms. The highest BCUT2D eigenvalue weighted by molar-refractivity contribution is 5.92. The Balaban J connectivity index is 1.30. The van der Waals surface area contributed by atoms with E-state index in [1.165, 1.54) is 5.69 Å². The van der Waals surface area contributed by atoms with Crippen LogP contribution in [-0.2, 0) is 0 Å². The number of carbonyl (C=O) groups is 1. The minimum atomic E-state index is -0.0560. The number of ether oxygens (including phenoxy) is 1. The first-order chi connectivity index (χ1) is 12.8. The number of carbonyl (C=O) groups excluding carboxylic acids is 1. The number of rotatable bonds is 4. The largest absolute Gasteiger partial charge is 0.490 e. The van der Waals surface area contributed by atoms with Crippen LogP contribution in [-0.4, -0.2) is 46.7 Å². The van der Waals surface area contributed by atoms with Crippen molar-refractivity contribution in [1.29, 1.82) is 0 Å². The second-order valence-corrected chi connectivity index (χ2v) is 6.58. The number of piperidine rings is 1. The number of hydrogen-bond acceptors (Lipinski definition) is 5. The number of likely N-dealkylation sites (tertiary alicyclic amines) is 1. The Hall–Kier alpha value is -2.89. The van der Waals surface area contributed by atoms with Crippen molar-refractivity contribution < 1.29 is 9.53 Å². The number of anilines is 1. The van der Waals surface area contributed by atoms with E-state index in [9.17, 15) is 4.79 Å². The predicted octanol–water partition coefficient (Wildman–Crippen LogP) is 2.88. The van der Waals surface area contributed by atoms with Gasteiger partial charge in [-0.15, -0.1) is 5.10 Å². The molecule has 0 saturated carbocycles. The van der Waals surface area contributed by atoms with Crippen LogP contribution >= 0.6 is 0 Å². The fourth-order valence-corrected chi connectivity index (χ4v) is 3.37. The molecule has 0 radical (unpaired) electrons. The van der Waals surface area contributed by atoms with E-state index in [0.29, 0.717) is 18.8 Å². The highest BCUT2D eigenvalue weighted by Crippen LogP contribution is 2.25. The Morgan fingerprint density at radius 1 is 1.08 bits per heavy atom. The molecule has 6 heteroatoms. The Morgan fingerprint density at radius 2 is 1.88 bits per heavy atom. The van der Waals surface area contributed by atoms with Gasteiger partial charge in [0.2, 0.25) is 0 Å². The van der Waals surface area contributed by atoms with Crippen LogP contribution in [0.3, 0.4) is 0 Å². The summed E-state index contributed by atoms with van der Waals surface area (Å²) in [4.78, 5) is 16.5. The van der Waals surface area contributed by atoms with Gasteiger partial charge in [-0.25, -0.2) is 0 Å². The number of aromatic nitrogens is 2. The zero-order valence-corrected chi connectivity index (χ0v) is 14.6. The molecule has 0 N–H and O–H groups in total. The lowest BCUT2D eigenvalue weighted by Gasteiger charge is -2.32. The van der Waals surface area contributed by atoms with E-state index in [4.69, 9.17) is 4.74 Å². The summed E-state index contributed by atoms with van der Waals surface area (Å²) >= 11 is 0. The van der Waals surface area contributed by atoms with Crippen LogP contribution in [0.25, 0.3) is 0 Å². The van der Waals surface area contributed by atoms with Crippen LogP contribution in [0, 0.1) is 0 Å². The highest BCUT2D eigenvalue weighted by Gasteiger charge is 2.25. The summed E-state index contributed by atoms with van der Waals surface area (Å²) in [5.74, 6) is 0.829. The van der Waals surface area contributed by atoms with E-state index in [1.807, 2.05) is 17.0 Å². The fourth-order valence-electron chi connectivity index (χ4n) is 3.37. The third-order valence-corrected chi connectivity index (χ3v) is 4.81. The first-order valence-electron chi connectivity index (χ1n) is 9.06. The van der Waals surface area contributed by atoms with Gasteiger partial charge in [0, 0.05) is 50.6 Å². The Morgan fingerprint density at radius 3 is 2.54 bits per heavy atom. The van der Waals surface area contributed by atoms with Gasteiger partial charge in [0.05, 0.1) is 0 Å². The summed E-state index contributed by atoms with van der Waals surface area (Å²) in [6, 6.07) is 11.7. The molecule has 2 aliphatic rings. The zero-order chi connectivity index (χ0) is 17.8. The molecule has 1 fully saturated rings. The van der Waals surface area contributed by atoms with Gasteiger partial charge in [0.25, 0.3) is 5.91 Å². The molecular weight excluding hydrogens is 328 g/mol. The fraction of sp³-hybridized carbons (Fsp3) is 0.350. The molecule has 1 saturated heterocycles. The number of hydrogen-bond donors (Lipinski definition) is 0. The molecule has 0 atom stereocenters. The van der Waals surface area contributed by atoms with Gasteiger partial charge >= 0.3 is 0 Å². The smallest absolute Gasteiger partial charge is 0.274 e. The minimum Gasteiger partial charge on any atom is -0.490 e. The van der Waals surface area contributed by atoms with Crippen molar-refractivity contribution in [3.63, 3.8) is 0 Å². The van der Waals surface area contributed by atoms with Crippen LogP contribution in [0.15, 0.2) is 54.9 Å². The minimum absolute atomic E-state index is 0.0560. The molecule has 2 aromatic rings. The van der Waals surface area contributed by atoms with Gasteiger partial charge in [-0.3, -0.25) is 4.79 Å². The summed E-state index contributed by atoms with van der Waals surface area (Å²) in [7, 11) is 0. The topological polar surface area (TPSA) is 58.6 Å². The van der Waals surface area contributed by atoms with Crippen molar-refractivity contribution in [1.82, 2.24) is 15.1 Å². The van der Waals surface area contributed by atoms with Crippen LogP contribution in [0.1, 0.15) is 29.8 Å². The zero-order valence-electron chi connectivity index (χ0n) is 14.6. The average Bonchev–Trinajstić information content (AvgIpc) is 3.24. The molecule has 134 valence electrons. The van der Waals surface area contributed by atoms with Crippen molar-refractivity contribution >= 4 is 11.6 Å². The lowest BCUT2D eigenvalue weighted by atomic mass is 10.1. The lowest BCUT2D eigenvalue weighted by molar-refractivity contribution is 0.0589. The van der Waals surface area contributed by atoms with E-state index in [2.05, 4.69) is 39.5 Å². The van der Waals surface area contributed by atoms with Crippen molar-refractivity contribution in [2.45, 2.75) is 25.4 Å². The van der Waals surface area contributed by atoms with Crippen molar-refractivity contribution in [3.8, 4) is 5.75 Å². The number of nitrogens with zero attached hydrogens (tertiary/aromatic N) is 4. The summed E-state index contributed by atoms with van der Waals surface area (Å²) < 4.78 is 6.10. The molecule has 1 amide bonds. The van der Waals surface area contributed by atoms with Crippen LogP contribution < -0.4 is 9.64 Å².